The summed E-state index contributed by atoms with van der Waals surface area (Å²) in [4.78, 5) is 5.43. The van der Waals surface area contributed by atoms with Crippen molar-refractivity contribution in [3.05, 3.63) is 384 Å². The molecule has 0 fully saturated rings. The van der Waals surface area contributed by atoms with Gasteiger partial charge in [0.15, 0.2) is 0 Å². The fourth-order valence-electron chi connectivity index (χ4n) is 19.1. The van der Waals surface area contributed by atoms with Gasteiger partial charge in [-0.1, -0.05) is 291 Å². The second kappa shape index (κ2) is 19.2. The maximum atomic E-state index is 2.73. The monoisotopic (exact) mass is 1210 g/mol. The van der Waals surface area contributed by atoms with E-state index in [1.807, 2.05) is 0 Å². The van der Waals surface area contributed by atoms with Crippen molar-refractivity contribution in [2.24, 2.45) is 0 Å². The highest BCUT2D eigenvalue weighted by Gasteiger charge is 2.56. The van der Waals surface area contributed by atoms with E-state index in [0.29, 0.717) is 0 Å². The second-order valence-electron chi connectivity index (χ2n) is 26.8. The Hall–Kier alpha value is -12.2. The molecule has 6 aliphatic rings. The van der Waals surface area contributed by atoms with Crippen molar-refractivity contribution < 1.29 is 0 Å². The standard InChI is InChI=1S/C92H56BN3/c1-3-25-57(26-4-1)59-49-51-82-78(53-59)93-79-54-60(58-27-5-2-6-28-58)50-52-83(79)96(85-48-23-37-69-66-33-11-19-42-75(66)92(89(69)85)73-40-17-9-31-64(73)65-32-10-18-41-74(65)92)87-56-61(94-80-45-21-13-34-67(80)68-35-14-22-46-81(68)94)55-86(90(87)93)95(82)84-47-24-44-77-88(84)70-36-12-20-43-76(70)91(77)71-38-15-7-29-62(71)63-30-8-16-39-72(63)91/h1-56H. The molecule has 3 nitrogen and oxygen atoms in total. The fraction of sp³-hybridized carbons (Fsp3) is 0.0217. The minimum absolute atomic E-state index is 0.216. The van der Waals surface area contributed by atoms with Crippen LogP contribution in [0.3, 0.4) is 0 Å². The highest BCUT2D eigenvalue weighted by Crippen LogP contribution is 2.68. The molecule has 4 heteroatoms. The lowest BCUT2D eigenvalue weighted by molar-refractivity contribution is 0.793. The molecule has 0 radical (unpaired) electrons. The number of fused-ring (bicyclic) bond motifs is 27. The number of hydrogen-bond acceptors (Lipinski definition) is 2. The second-order valence-corrected chi connectivity index (χ2v) is 26.8. The third-order valence-corrected chi connectivity index (χ3v) is 22.6. The van der Waals surface area contributed by atoms with E-state index in [4.69, 9.17) is 0 Å². The van der Waals surface area contributed by atoms with Crippen LogP contribution in [-0.2, 0) is 10.8 Å². The van der Waals surface area contributed by atoms with Gasteiger partial charge in [0, 0.05) is 44.6 Å². The molecule has 0 atom stereocenters. The minimum Gasteiger partial charge on any atom is -0.311 e. The smallest absolute Gasteiger partial charge is 0.252 e. The third kappa shape index (κ3) is 6.53. The molecule has 2 spiro atoms. The van der Waals surface area contributed by atoms with Gasteiger partial charge >= 0.3 is 0 Å². The van der Waals surface area contributed by atoms with Crippen molar-refractivity contribution in [3.63, 3.8) is 0 Å². The fourth-order valence-corrected chi connectivity index (χ4v) is 19.1. The Balaban J connectivity index is 0.912. The third-order valence-electron chi connectivity index (χ3n) is 22.6. The highest BCUT2D eigenvalue weighted by molar-refractivity contribution is 7.00. The molecule has 2 aliphatic heterocycles. The molecule has 0 unspecified atom stereocenters. The summed E-state index contributed by atoms with van der Waals surface area (Å²) in [5.41, 5.74) is 38.4. The molecule has 0 saturated carbocycles. The van der Waals surface area contributed by atoms with Gasteiger partial charge < -0.3 is 14.4 Å². The largest absolute Gasteiger partial charge is 0.311 e. The normalized spacial score (nSPS) is 14.4. The van der Waals surface area contributed by atoms with Gasteiger partial charge in [-0.2, -0.15) is 0 Å². The van der Waals surface area contributed by atoms with E-state index in [2.05, 4.69) is 354 Å². The lowest BCUT2D eigenvalue weighted by atomic mass is 9.33. The Kier molecular flexibility index (Phi) is 10.5. The molecule has 3 heterocycles. The summed E-state index contributed by atoms with van der Waals surface area (Å²) in [6, 6.07) is 130. The van der Waals surface area contributed by atoms with Crippen molar-refractivity contribution in [1.29, 1.82) is 0 Å². The zero-order valence-electron chi connectivity index (χ0n) is 52.3. The molecule has 0 saturated heterocycles. The zero-order chi connectivity index (χ0) is 62.5. The van der Waals surface area contributed by atoms with Crippen molar-refractivity contribution in [3.8, 4) is 72.4 Å². The van der Waals surface area contributed by atoms with Gasteiger partial charge in [-0.15, -0.1) is 0 Å². The number of nitrogens with zero attached hydrogens (tertiary/aromatic N) is 3. The van der Waals surface area contributed by atoms with E-state index in [1.165, 1.54) is 138 Å². The first kappa shape index (κ1) is 52.3. The number of anilines is 6. The molecular formula is C92H56BN3. The van der Waals surface area contributed by atoms with Crippen molar-refractivity contribution in [2.75, 3.05) is 9.80 Å². The average Bonchev–Trinajstić information content (AvgIpc) is 1.45. The first-order chi connectivity index (χ1) is 47.7. The molecule has 0 amide bonds. The Labute approximate surface area is 557 Å². The Morgan fingerprint density at radius 1 is 0.240 bits per heavy atom. The molecule has 442 valence electrons. The van der Waals surface area contributed by atoms with Gasteiger partial charge in [0.1, 0.15) is 0 Å². The van der Waals surface area contributed by atoms with Crippen LogP contribution in [0.5, 0.6) is 0 Å². The van der Waals surface area contributed by atoms with Crippen LogP contribution in [0.15, 0.2) is 340 Å². The average molecular weight is 1210 g/mol. The molecular weight excluding hydrogens is 1160 g/mol. The SMILES string of the molecule is c1ccc(-c2ccc3c(c2)B2c4cc(-c5ccccc5)ccc4N(c4cccc5c4C4(c6ccccc6-c6ccccc64)c4ccccc4-5)c4cc(-n5c6ccccc6c6ccccc65)cc(c42)N3c2cccc3c2-c2ccccc2C32c3ccccc3-c3ccccc32)cc1. The van der Waals surface area contributed by atoms with Crippen LogP contribution in [-0.4, -0.2) is 11.3 Å². The predicted molar refractivity (Wildman–Crippen MR) is 398 cm³/mol. The first-order valence-electron chi connectivity index (χ1n) is 33.7. The topological polar surface area (TPSA) is 11.4 Å². The zero-order valence-corrected chi connectivity index (χ0v) is 52.3. The maximum absolute atomic E-state index is 2.73. The summed E-state index contributed by atoms with van der Waals surface area (Å²) in [6.45, 7) is -0.216. The van der Waals surface area contributed by atoms with Gasteiger partial charge in [-0.05, 0) is 165 Å². The Bertz CT molecular complexity index is 5910. The molecule has 0 N–H and O–H groups in total. The summed E-state index contributed by atoms with van der Waals surface area (Å²) < 4.78 is 2.55. The van der Waals surface area contributed by atoms with Gasteiger partial charge in [-0.25, -0.2) is 0 Å². The number of aromatic nitrogens is 1. The van der Waals surface area contributed by atoms with Gasteiger partial charge in [0.05, 0.1) is 38.9 Å². The van der Waals surface area contributed by atoms with Crippen LogP contribution >= 0.6 is 0 Å². The van der Waals surface area contributed by atoms with Crippen LogP contribution in [0.25, 0.3) is 94.3 Å². The summed E-state index contributed by atoms with van der Waals surface area (Å²) in [5.74, 6) is 0. The Morgan fingerprint density at radius 2 is 0.615 bits per heavy atom. The molecule has 4 aliphatic carbocycles. The number of hydrogen-bond donors (Lipinski definition) is 0. The van der Waals surface area contributed by atoms with E-state index in [-0.39, 0.29) is 6.71 Å². The minimum atomic E-state index is -0.643. The van der Waals surface area contributed by atoms with E-state index in [1.54, 1.807) is 0 Å². The van der Waals surface area contributed by atoms with Crippen molar-refractivity contribution in [2.45, 2.75) is 10.8 Å². The molecule has 16 aromatic rings. The number of para-hydroxylation sites is 2. The van der Waals surface area contributed by atoms with E-state index >= 15 is 0 Å². The van der Waals surface area contributed by atoms with Crippen LogP contribution in [0.4, 0.5) is 34.1 Å². The lowest BCUT2D eigenvalue weighted by Gasteiger charge is -2.46. The lowest BCUT2D eigenvalue weighted by Crippen LogP contribution is -2.61. The van der Waals surface area contributed by atoms with E-state index < -0.39 is 10.8 Å². The molecule has 15 aromatic carbocycles. The quantitative estimate of drug-likeness (QED) is 0.159. The van der Waals surface area contributed by atoms with E-state index in [0.717, 1.165) is 50.8 Å². The molecule has 0 bridgehead atoms. The number of benzene rings is 15. The van der Waals surface area contributed by atoms with Crippen LogP contribution < -0.4 is 26.2 Å². The molecule has 96 heavy (non-hydrogen) atoms. The van der Waals surface area contributed by atoms with E-state index in [9.17, 15) is 0 Å². The highest BCUT2D eigenvalue weighted by atomic mass is 15.2. The van der Waals surface area contributed by atoms with Crippen LogP contribution in [0, 0.1) is 0 Å². The summed E-state index contributed by atoms with van der Waals surface area (Å²) in [7, 11) is 0. The molecule has 22 rings (SSSR count). The molecule has 1 aromatic heterocycles. The maximum Gasteiger partial charge on any atom is 0.252 e. The van der Waals surface area contributed by atoms with Crippen LogP contribution in [0.1, 0.15) is 44.5 Å². The summed E-state index contributed by atoms with van der Waals surface area (Å²) in [6.07, 6.45) is 0. The van der Waals surface area contributed by atoms with Crippen LogP contribution in [0.2, 0.25) is 0 Å². The van der Waals surface area contributed by atoms with Gasteiger partial charge in [-0.3, -0.25) is 0 Å². The van der Waals surface area contributed by atoms with Gasteiger partial charge in [0.25, 0.3) is 6.71 Å². The predicted octanol–water partition coefficient (Wildman–Crippen LogP) is 20.9. The Morgan fingerprint density at radius 3 is 1.12 bits per heavy atom. The van der Waals surface area contributed by atoms with Gasteiger partial charge in [0.2, 0.25) is 0 Å². The first-order valence-corrected chi connectivity index (χ1v) is 33.7. The van der Waals surface area contributed by atoms with Crippen molar-refractivity contribution >= 4 is 79.0 Å². The van der Waals surface area contributed by atoms with Crippen molar-refractivity contribution in [1.82, 2.24) is 4.57 Å². The summed E-state index contributed by atoms with van der Waals surface area (Å²) >= 11 is 0. The number of rotatable bonds is 5. The summed E-state index contributed by atoms with van der Waals surface area (Å²) in [5, 5.41) is 2.45.